The minimum absolute atomic E-state index is 0.0150. The molecule has 242 valence electrons. The fourth-order valence-corrected chi connectivity index (χ4v) is 6.23. The molecule has 1 aromatic rings. The quantitative estimate of drug-likeness (QED) is 0.106. The number of hydrogen-bond acceptors (Lipinski definition) is 2. The van der Waals surface area contributed by atoms with Crippen LogP contribution in [0.3, 0.4) is 0 Å². The van der Waals surface area contributed by atoms with Crippen LogP contribution in [0.15, 0.2) is 6.07 Å². The van der Waals surface area contributed by atoms with Gasteiger partial charge in [0.05, 0.1) is 11.1 Å². The van der Waals surface area contributed by atoms with E-state index in [0.29, 0.717) is 6.42 Å². The molecule has 0 aliphatic heterocycles. The molecule has 1 aromatic carbocycles. The molecule has 0 saturated carbocycles. The summed E-state index contributed by atoms with van der Waals surface area (Å²) in [4.78, 5) is 24.8. The summed E-state index contributed by atoms with van der Waals surface area (Å²) in [6.45, 7) is 13.6. The molecule has 4 nitrogen and oxygen atoms in total. The summed E-state index contributed by atoms with van der Waals surface area (Å²) >= 11 is 0. The van der Waals surface area contributed by atoms with E-state index in [1.807, 2.05) is 0 Å². The Kier molecular flexibility index (Phi) is 20.6. The number of aromatic carboxylic acids is 2. The Morgan fingerprint density at radius 3 is 1.24 bits per heavy atom. The molecular formula is C38H66O4. The Balaban J connectivity index is 3.07. The molecule has 2 N–H and O–H groups in total. The van der Waals surface area contributed by atoms with Gasteiger partial charge in [-0.1, -0.05) is 138 Å². The van der Waals surface area contributed by atoms with Crippen LogP contribution in [0.2, 0.25) is 0 Å². The molecule has 0 aliphatic rings. The predicted molar refractivity (Wildman–Crippen MR) is 179 cm³/mol. The number of unbranched alkanes of at least 4 members (excludes halogenated alkanes) is 12. The van der Waals surface area contributed by atoms with Crippen molar-refractivity contribution in [2.24, 2.45) is 17.8 Å². The molecule has 4 heteroatoms. The van der Waals surface area contributed by atoms with E-state index < -0.39 is 11.9 Å². The van der Waals surface area contributed by atoms with Crippen molar-refractivity contribution in [2.75, 3.05) is 0 Å². The van der Waals surface area contributed by atoms with Crippen LogP contribution < -0.4 is 0 Å². The van der Waals surface area contributed by atoms with Crippen molar-refractivity contribution >= 4 is 11.9 Å². The second kappa shape index (κ2) is 22.7. The van der Waals surface area contributed by atoms with Gasteiger partial charge >= 0.3 is 11.9 Å². The third kappa shape index (κ3) is 16.7. The standard InChI is InChI=1S/C38H66O4/c1-29(2)22-16-10-7-13-19-25-32-28-35(37(39)40)36(38(41)42)34(27-21-15-9-12-18-24-31(5)6)33(32)26-20-14-8-11-17-23-30(3)4/h28-31H,7-27H2,1-6H3,(H,39,40)(H,41,42). The first-order chi connectivity index (χ1) is 20.0. The first kappa shape index (κ1) is 38.2. The van der Waals surface area contributed by atoms with Crippen molar-refractivity contribution in [1.29, 1.82) is 0 Å². The van der Waals surface area contributed by atoms with E-state index in [4.69, 9.17) is 0 Å². The maximum atomic E-state index is 12.5. The first-order valence-electron chi connectivity index (χ1n) is 17.7. The first-order valence-corrected chi connectivity index (χ1v) is 17.7. The van der Waals surface area contributed by atoms with Gasteiger partial charge in [-0.25, -0.2) is 9.59 Å². The van der Waals surface area contributed by atoms with Crippen LogP contribution in [0.1, 0.15) is 195 Å². The van der Waals surface area contributed by atoms with Gasteiger partial charge in [0.15, 0.2) is 0 Å². The summed E-state index contributed by atoms with van der Waals surface area (Å²) in [5, 5.41) is 20.3. The zero-order valence-electron chi connectivity index (χ0n) is 28.4. The van der Waals surface area contributed by atoms with Crippen LogP contribution in [-0.2, 0) is 19.3 Å². The average Bonchev–Trinajstić information content (AvgIpc) is 2.90. The minimum Gasteiger partial charge on any atom is -0.478 e. The van der Waals surface area contributed by atoms with Gasteiger partial charge in [-0.15, -0.1) is 0 Å². The zero-order valence-corrected chi connectivity index (χ0v) is 28.4. The molecule has 0 unspecified atom stereocenters. The van der Waals surface area contributed by atoms with Gasteiger partial charge in [-0.05, 0) is 79.0 Å². The van der Waals surface area contributed by atoms with Crippen molar-refractivity contribution in [3.63, 3.8) is 0 Å². The Hall–Kier alpha value is -1.84. The van der Waals surface area contributed by atoms with Gasteiger partial charge in [0.1, 0.15) is 0 Å². The van der Waals surface area contributed by atoms with Gasteiger partial charge in [0.25, 0.3) is 0 Å². The summed E-state index contributed by atoms with van der Waals surface area (Å²) < 4.78 is 0. The van der Waals surface area contributed by atoms with Crippen LogP contribution in [0, 0.1) is 17.8 Å². The number of carboxylic acid groups (broad SMARTS) is 2. The predicted octanol–water partition coefficient (Wildman–Crippen LogP) is 11.7. The second-order valence-electron chi connectivity index (χ2n) is 14.1. The summed E-state index contributed by atoms with van der Waals surface area (Å²) in [7, 11) is 0. The third-order valence-corrected chi connectivity index (χ3v) is 8.73. The minimum atomic E-state index is -1.12. The molecule has 0 radical (unpaired) electrons. The van der Waals surface area contributed by atoms with Crippen molar-refractivity contribution in [3.05, 3.63) is 33.9 Å². The normalized spacial score (nSPS) is 11.7. The lowest BCUT2D eigenvalue weighted by atomic mass is 9.84. The summed E-state index contributed by atoms with van der Waals surface area (Å²) in [6, 6.07) is 1.72. The zero-order chi connectivity index (χ0) is 31.3. The van der Waals surface area contributed by atoms with Gasteiger partial charge in [0, 0.05) is 0 Å². The molecule has 0 amide bonds. The molecule has 0 aromatic heterocycles. The van der Waals surface area contributed by atoms with E-state index in [1.165, 1.54) is 70.6 Å². The van der Waals surface area contributed by atoms with Gasteiger partial charge in [-0.3, -0.25) is 0 Å². The Labute approximate surface area is 259 Å². The second-order valence-corrected chi connectivity index (χ2v) is 14.1. The smallest absolute Gasteiger partial charge is 0.336 e. The van der Waals surface area contributed by atoms with E-state index in [1.54, 1.807) is 6.07 Å². The number of hydrogen-bond donors (Lipinski definition) is 2. The van der Waals surface area contributed by atoms with Crippen molar-refractivity contribution < 1.29 is 19.8 Å². The highest BCUT2D eigenvalue weighted by Gasteiger charge is 2.25. The van der Waals surface area contributed by atoms with Crippen LogP contribution in [0.5, 0.6) is 0 Å². The fourth-order valence-electron chi connectivity index (χ4n) is 6.23. The largest absolute Gasteiger partial charge is 0.478 e. The number of benzene rings is 1. The van der Waals surface area contributed by atoms with Gasteiger partial charge < -0.3 is 10.2 Å². The monoisotopic (exact) mass is 586 g/mol. The van der Waals surface area contributed by atoms with E-state index >= 15 is 0 Å². The average molecular weight is 587 g/mol. The number of rotatable bonds is 26. The van der Waals surface area contributed by atoms with Crippen molar-refractivity contribution in [3.8, 4) is 0 Å². The maximum Gasteiger partial charge on any atom is 0.336 e. The third-order valence-electron chi connectivity index (χ3n) is 8.73. The van der Waals surface area contributed by atoms with Crippen LogP contribution >= 0.6 is 0 Å². The van der Waals surface area contributed by atoms with E-state index in [-0.39, 0.29) is 11.1 Å². The molecule has 0 aliphatic carbocycles. The van der Waals surface area contributed by atoms with Crippen molar-refractivity contribution in [2.45, 2.75) is 176 Å². The topological polar surface area (TPSA) is 74.6 Å². The highest BCUT2D eigenvalue weighted by Crippen LogP contribution is 2.30. The molecular weight excluding hydrogens is 520 g/mol. The van der Waals surface area contributed by atoms with Gasteiger partial charge in [0.2, 0.25) is 0 Å². The molecule has 0 atom stereocenters. The highest BCUT2D eigenvalue weighted by atomic mass is 16.4. The Bertz CT molecular complexity index is 884. The molecule has 0 bridgehead atoms. The van der Waals surface area contributed by atoms with Crippen molar-refractivity contribution in [1.82, 2.24) is 0 Å². The molecule has 0 heterocycles. The van der Waals surface area contributed by atoms with Crippen LogP contribution in [0.25, 0.3) is 0 Å². The Morgan fingerprint density at radius 1 is 0.500 bits per heavy atom. The molecule has 0 saturated heterocycles. The molecule has 42 heavy (non-hydrogen) atoms. The fraction of sp³-hybridized carbons (Fsp3) is 0.789. The molecule has 0 spiro atoms. The lowest BCUT2D eigenvalue weighted by Gasteiger charge is -2.20. The number of carbonyl (C=O) groups is 2. The van der Waals surface area contributed by atoms with Crippen LogP contribution in [0.4, 0.5) is 0 Å². The lowest BCUT2D eigenvalue weighted by Crippen LogP contribution is -2.16. The summed E-state index contributed by atoms with van der Waals surface area (Å²) in [6.07, 6.45) is 23.6. The maximum absolute atomic E-state index is 12.5. The molecule has 0 fully saturated rings. The van der Waals surface area contributed by atoms with E-state index in [9.17, 15) is 19.8 Å². The summed E-state index contributed by atoms with van der Waals surface area (Å²) in [5.41, 5.74) is 3.09. The lowest BCUT2D eigenvalue weighted by molar-refractivity contribution is 0.0650. The number of aryl methyl sites for hydroxylation is 1. The Morgan fingerprint density at radius 2 is 0.857 bits per heavy atom. The van der Waals surface area contributed by atoms with E-state index in [2.05, 4.69) is 41.5 Å². The highest BCUT2D eigenvalue weighted by molar-refractivity contribution is 6.03. The van der Waals surface area contributed by atoms with E-state index in [0.717, 1.165) is 92.2 Å². The van der Waals surface area contributed by atoms with Gasteiger partial charge in [-0.2, -0.15) is 0 Å². The molecule has 1 rings (SSSR count). The summed E-state index contributed by atoms with van der Waals surface area (Å²) in [5.74, 6) is 0.0317. The number of carboxylic acids is 2. The van der Waals surface area contributed by atoms with Crippen LogP contribution in [-0.4, -0.2) is 22.2 Å². The SMILES string of the molecule is CC(C)CCCCCCCc1cc(C(=O)O)c(C(=O)O)c(CCCCCCCC(C)C)c1CCCCCCCC(C)C.